The summed E-state index contributed by atoms with van der Waals surface area (Å²) in [5.41, 5.74) is 0.952. The van der Waals surface area contributed by atoms with Crippen molar-refractivity contribution in [1.82, 2.24) is 14.7 Å². The number of piperazine rings is 1. The second-order valence-electron chi connectivity index (χ2n) is 5.94. The third-order valence-corrected chi connectivity index (χ3v) is 4.60. The van der Waals surface area contributed by atoms with Gasteiger partial charge in [-0.1, -0.05) is 19.1 Å². The third-order valence-electron chi connectivity index (χ3n) is 4.60. The molecule has 1 aromatic rings. The average Bonchev–Trinajstić information content (AvgIpc) is 2.55. The minimum atomic E-state index is -0.251. The molecule has 22 heavy (non-hydrogen) atoms. The van der Waals surface area contributed by atoms with Crippen LogP contribution in [0.1, 0.15) is 25.5 Å². The lowest BCUT2D eigenvalue weighted by atomic mass is 10.1. The van der Waals surface area contributed by atoms with Crippen molar-refractivity contribution < 1.29 is 9.18 Å². The molecule has 1 heterocycles. The average molecular weight is 307 g/mol. The second kappa shape index (κ2) is 7.70. The van der Waals surface area contributed by atoms with E-state index in [-0.39, 0.29) is 17.8 Å². The van der Waals surface area contributed by atoms with E-state index < -0.39 is 0 Å². The van der Waals surface area contributed by atoms with Crippen LogP contribution in [0.2, 0.25) is 0 Å². The fraction of sp³-hybridized carbons (Fsp3) is 0.588. The molecule has 0 bridgehead atoms. The number of nitrogens with zero attached hydrogens (tertiary/aromatic N) is 3. The van der Waals surface area contributed by atoms with Gasteiger partial charge in [-0.2, -0.15) is 0 Å². The SMILES string of the molecule is CCN1CCN(CC(=O)N(C)C(C)c2ccc(F)cc2)CC1. The summed E-state index contributed by atoms with van der Waals surface area (Å²) in [6.07, 6.45) is 0. The highest BCUT2D eigenvalue weighted by Crippen LogP contribution is 2.19. The van der Waals surface area contributed by atoms with E-state index in [1.54, 1.807) is 17.0 Å². The van der Waals surface area contributed by atoms with Crippen molar-refractivity contribution in [3.8, 4) is 0 Å². The summed E-state index contributed by atoms with van der Waals surface area (Å²) < 4.78 is 13.0. The fourth-order valence-electron chi connectivity index (χ4n) is 2.75. The lowest BCUT2D eigenvalue weighted by molar-refractivity contribution is -0.133. The van der Waals surface area contributed by atoms with Gasteiger partial charge in [-0.25, -0.2) is 4.39 Å². The smallest absolute Gasteiger partial charge is 0.236 e. The summed E-state index contributed by atoms with van der Waals surface area (Å²) in [7, 11) is 1.82. The molecule has 5 heteroatoms. The molecule has 1 aromatic carbocycles. The highest BCUT2D eigenvalue weighted by molar-refractivity contribution is 5.78. The molecular formula is C17H26FN3O. The summed E-state index contributed by atoms with van der Waals surface area (Å²) in [6, 6.07) is 6.31. The number of halogens is 1. The number of benzene rings is 1. The fourth-order valence-corrected chi connectivity index (χ4v) is 2.75. The zero-order valence-corrected chi connectivity index (χ0v) is 13.8. The minimum Gasteiger partial charge on any atom is -0.338 e. The van der Waals surface area contributed by atoms with Gasteiger partial charge in [-0.05, 0) is 31.2 Å². The van der Waals surface area contributed by atoms with Crippen molar-refractivity contribution in [3.63, 3.8) is 0 Å². The van der Waals surface area contributed by atoms with E-state index in [0.29, 0.717) is 6.54 Å². The van der Waals surface area contributed by atoms with E-state index in [1.165, 1.54) is 12.1 Å². The van der Waals surface area contributed by atoms with Crippen molar-refractivity contribution in [2.75, 3.05) is 46.3 Å². The van der Waals surface area contributed by atoms with Gasteiger partial charge in [0.05, 0.1) is 12.6 Å². The van der Waals surface area contributed by atoms with Crippen LogP contribution in [0, 0.1) is 5.82 Å². The van der Waals surface area contributed by atoms with Gasteiger partial charge in [-0.15, -0.1) is 0 Å². The van der Waals surface area contributed by atoms with Crippen molar-refractivity contribution >= 4 is 5.91 Å². The Labute approximate surface area is 132 Å². The Balaban J connectivity index is 1.87. The molecule has 122 valence electrons. The van der Waals surface area contributed by atoms with E-state index >= 15 is 0 Å². The Bertz CT molecular complexity index is 483. The normalized spacial score (nSPS) is 18.2. The van der Waals surface area contributed by atoms with Crippen LogP contribution < -0.4 is 0 Å². The number of carbonyl (C=O) groups excluding carboxylic acids is 1. The molecule has 2 rings (SSSR count). The Morgan fingerprint density at radius 2 is 1.73 bits per heavy atom. The van der Waals surface area contributed by atoms with E-state index in [2.05, 4.69) is 16.7 Å². The van der Waals surface area contributed by atoms with Crippen molar-refractivity contribution in [3.05, 3.63) is 35.6 Å². The van der Waals surface area contributed by atoms with E-state index in [1.807, 2.05) is 14.0 Å². The van der Waals surface area contributed by atoms with Gasteiger partial charge in [0.1, 0.15) is 5.82 Å². The van der Waals surface area contributed by atoms with Crippen LogP contribution in [-0.4, -0.2) is 66.9 Å². The van der Waals surface area contributed by atoms with Crippen LogP contribution >= 0.6 is 0 Å². The highest BCUT2D eigenvalue weighted by Gasteiger charge is 2.22. The van der Waals surface area contributed by atoms with Crippen LogP contribution in [0.15, 0.2) is 24.3 Å². The van der Waals surface area contributed by atoms with Crippen LogP contribution in [-0.2, 0) is 4.79 Å². The van der Waals surface area contributed by atoms with Gasteiger partial charge in [0.25, 0.3) is 0 Å². The Morgan fingerprint density at radius 3 is 2.27 bits per heavy atom. The number of hydrogen-bond donors (Lipinski definition) is 0. The molecular weight excluding hydrogens is 281 g/mol. The molecule has 0 spiro atoms. The summed E-state index contributed by atoms with van der Waals surface area (Å²) in [6.45, 7) is 9.61. The van der Waals surface area contributed by atoms with Crippen LogP contribution in [0.4, 0.5) is 4.39 Å². The quantitative estimate of drug-likeness (QED) is 0.832. The maximum atomic E-state index is 13.0. The Hall–Kier alpha value is -1.46. The molecule has 0 saturated carbocycles. The predicted octanol–water partition coefficient (Wildman–Crippen LogP) is 1.98. The minimum absolute atomic E-state index is 0.0509. The second-order valence-corrected chi connectivity index (χ2v) is 5.94. The van der Waals surface area contributed by atoms with Gasteiger partial charge >= 0.3 is 0 Å². The number of amides is 1. The third kappa shape index (κ3) is 4.27. The van der Waals surface area contributed by atoms with E-state index in [9.17, 15) is 9.18 Å². The summed E-state index contributed by atoms with van der Waals surface area (Å²) in [4.78, 5) is 18.8. The van der Waals surface area contributed by atoms with Crippen molar-refractivity contribution in [2.45, 2.75) is 19.9 Å². The molecule has 1 unspecified atom stereocenters. The standard InChI is InChI=1S/C17H26FN3O/c1-4-20-9-11-21(12-10-20)13-17(22)19(3)14(2)15-5-7-16(18)8-6-15/h5-8,14H,4,9-13H2,1-3H3. The van der Waals surface area contributed by atoms with Crippen molar-refractivity contribution in [1.29, 1.82) is 0 Å². The first-order chi connectivity index (χ1) is 10.5. The lowest BCUT2D eigenvalue weighted by Crippen LogP contribution is -2.49. The zero-order valence-electron chi connectivity index (χ0n) is 13.8. The summed E-state index contributed by atoms with van der Waals surface area (Å²) >= 11 is 0. The van der Waals surface area contributed by atoms with Gasteiger partial charge in [0.15, 0.2) is 0 Å². The lowest BCUT2D eigenvalue weighted by Gasteiger charge is -2.35. The Kier molecular flexibility index (Phi) is 5.91. The molecule has 1 saturated heterocycles. The molecule has 0 aromatic heterocycles. The number of hydrogen-bond acceptors (Lipinski definition) is 3. The van der Waals surface area contributed by atoms with Gasteiger partial charge < -0.3 is 9.80 Å². The van der Waals surface area contributed by atoms with E-state index in [0.717, 1.165) is 38.3 Å². The van der Waals surface area contributed by atoms with Gasteiger partial charge in [0, 0.05) is 33.2 Å². The first-order valence-electron chi connectivity index (χ1n) is 7.97. The van der Waals surface area contributed by atoms with E-state index in [4.69, 9.17) is 0 Å². The molecule has 0 radical (unpaired) electrons. The van der Waals surface area contributed by atoms with Crippen LogP contribution in [0.25, 0.3) is 0 Å². The number of likely N-dealkylation sites (N-methyl/N-ethyl adjacent to an activating group) is 2. The van der Waals surface area contributed by atoms with Gasteiger partial charge in [-0.3, -0.25) is 9.69 Å². The molecule has 1 amide bonds. The van der Waals surface area contributed by atoms with Crippen LogP contribution in [0.5, 0.6) is 0 Å². The molecule has 0 N–H and O–H groups in total. The maximum Gasteiger partial charge on any atom is 0.236 e. The molecule has 4 nitrogen and oxygen atoms in total. The first-order valence-corrected chi connectivity index (χ1v) is 7.97. The highest BCUT2D eigenvalue weighted by atomic mass is 19.1. The largest absolute Gasteiger partial charge is 0.338 e. The van der Waals surface area contributed by atoms with Crippen LogP contribution in [0.3, 0.4) is 0 Å². The molecule has 1 atom stereocenters. The first kappa shape index (κ1) is 16.9. The van der Waals surface area contributed by atoms with Crippen molar-refractivity contribution in [2.24, 2.45) is 0 Å². The zero-order chi connectivity index (χ0) is 16.1. The Morgan fingerprint density at radius 1 is 1.18 bits per heavy atom. The maximum absolute atomic E-state index is 13.0. The molecule has 1 aliphatic heterocycles. The topological polar surface area (TPSA) is 26.8 Å². The molecule has 1 aliphatic rings. The predicted molar refractivity (Wildman–Crippen MR) is 86.1 cm³/mol. The monoisotopic (exact) mass is 307 g/mol. The number of rotatable bonds is 5. The molecule has 0 aliphatic carbocycles. The number of carbonyl (C=O) groups is 1. The summed E-state index contributed by atoms with van der Waals surface area (Å²) in [5.74, 6) is -0.138. The van der Waals surface area contributed by atoms with Gasteiger partial charge in [0.2, 0.25) is 5.91 Å². The molecule has 1 fully saturated rings. The summed E-state index contributed by atoms with van der Waals surface area (Å²) in [5, 5.41) is 0.